The molecule has 1 aliphatic carbocycles. The van der Waals surface area contributed by atoms with E-state index >= 15 is 0 Å². The van der Waals surface area contributed by atoms with Gasteiger partial charge in [0.05, 0.1) is 12.7 Å². The second-order valence-corrected chi connectivity index (χ2v) is 5.30. The third-order valence-corrected chi connectivity index (χ3v) is 3.64. The molecule has 0 aliphatic heterocycles. The van der Waals surface area contributed by atoms with Gasteiger partial charge in [-0.3, -0.25) is 9.59 Å². The van der Waals surface area contributed by atoms with Gasteiger partial charge in [0, 0.05) is 35.5 Å². The van der Waals surface area contributed by atoms with E-state index in [0.717, 1.165) is 12.8 Å². The highest BCUT2D eigenvalue weighted by Crippen LogP contribution is 2.34. The third-order valence-electron chi connectivity index (χ3n) is 3.64. The Hall–Kier alpha value is -2.96. The molecule has 0 atom stereocenters. The molecule has 0 bridgehead atoms. The zero-order chi connectivity index (χ0) is 16.4. The molecule has 118 valence electrons. The van der Waals surface area contributed by atoms with Crippen LogP contribution in [0.4, 0.5) is 5.82 Å². The van der Waals surface area contributed by atoms with E-state index in [-0.39, 0.29) is 17.4 Å². The van der Waals surface area contributed by atoms with Gasteiger partial charge in [-0.25, -0.2) is 9.97 Å². The summed E-state index contributed by atoms with van der Waals surface area (Å²) < 4.78 is 5.03. The Balaban J connectivity index is 2.06. The first-order valence-corrected chi connectivity index (χ1v) is 7.20. The Bertz CT molecular complexity index is 754. The summed E-state index contributed by atoms with van der Waals surface area (Å²) in [6.07, 6.45) is 4.75. The molecule has 23 heavy (non-hydrogen) atoms. The van der Waals surface area contributed by atoms with Gasteiger partial charge in [0.2, 0.25) is 17.7 Å². The summed E-state index contributed by atoms with van der Waals surface area (Å²) in [7, 11) is 1.52. The fourth-order valence-electron chi connectivity index (χ4n) is 2.27. The van der Waals surface area contributed by atoms with E-state index in [1.807, 2.05) is 0 Å². The van der Waals surface area contributed by atoms with Crippen LogP contribution in [-0.4, -0.2) is 28.9 Å². The summed E-state index contributed by atoms with van der Waals surface area (Å²) in [5.74, 6) is 0.0878. The first-order valence-electron chi connectivity index (χ1n) is 7.20. The highest BCUT2D eigenvalue weighted by Gasteiger charge is 2.30. The average Bonchev–Trinajstić information content (AvgIpc) is 3.39. The Morgan fingerprint density at radius 2 is 2.04 bits per heavy atom. The maximum Gasteiger partial charge on any atom is 0.249 e. The topological polar surface area (TPSA) is 107 Å². The second-order valence-electron chi connectivity index (χ2n) is 5.30. The van der Waals surface area contributed by atoms with Crippen LogP contribution in [0.1, 0.15) is 23.2 Å². The van der Waals surface area contributed by atoms with Crippen molar-refractivity contribution in [2.75, 3.05) is 12.4 Å². The van der Waals surface area contributed by atoms with Gasteiger partial charge in [-0.05, 0) is 25.0 Å². The van der Waals surface area contributed by atoms with E-state index in [4.69, 9.17) is 10.5 Å². The van der Waals surface area contributed by atoms with E-state index in [0.29, 0.717) is 22.8 Å². The first kappa shape index (κ1) is 15.0. The number of nitrogens with two attached hydrogens (primary N) is 1. The van der Waals surface area contributed by atoms with E-state index < -0.39 is 5.91 Å². The molecule has 0 radical (unpaired) electrons. The third kappa shape index (κ3) is 3.13. The Kier molecular flexibility index (Phi) is 3.92. The van der Waals surface area contributed by atoms with Crippen molar-refractivity contribution in [1.29, 1.82) is 0 Å². The summed E-state index contributed by atoms with van der Waals surface area (Å²) in [5, 5.41) is 2.78. The molecule has 2 aromatic rings. The molecule has 0 saturated heterocycles. The SMILES string of the molecule is COc1ccc(-c2c(C(N)=O)ccnc2NC(=O)C2CC2)cn1. The van der Waals surface area contributed by atoms with Crippen molar-refractivity contribution >= 4 is 17.6 Å². The smallest absolute Gasteiger partial charge is 0.249 e. The van der Waals surface area contributed by atoms with Crippen LogP contribution in [-0.2, 0) is 4.79 Å². The molecule has 3 rings (SSSR count). The predicted octanol–water partition coefficient (Wildman–Crippen LogP) is 1.60. The minimum absolute atomic E-state index is 0.0240. The maximum absolute atomic E-state index is 12.0. The van der Waals surface area contributed by atoms with Gasteiger partial charge < -0.3 is 15.8 Å². The van der Waals surface area contributed by atoms with Gasteiger partial charge in [-0.15, -0.1) is 0 Å². The largest absolute Gasteiger partial charge is 0.481 e. The number of amides is 2. The minimum Gasteiger partial charge on any atom is -0.481 e. The Morgan fingerprint density at radius 1 is 1.26 bits per heavy atom. The molecule has 1 aliphatic rings. The number of rotatable bonds is 5. The zero-order valence-electron chi connectivity index (χ0n) is 12.6. The van der Waals surface area contributed by atoms with Gasteiger partial charge in [0.15, 0.2) is 0 Å². The fraction of sp³-hybridized carbons (Fsp3) is 0.250. The number of nitrogens with one attached hydrogen (secondary N) is 1. The van der Waals surface area contributed by atoms with Crippen LogP contribution in [0.5, 0.6) is 5.88 Å². The molecule has 1 fully saturated rings. The Labute approximate surface area is 132 Å². The number of carbonyl (C=O) groups is 2. The lowest BCUT2D eigenvalue weighted by molar-refractivity contribution is -0.117. The number of hydrogen-bond acceptors (Lipinski definition) is 5. The molecular formula is C16H16N4O3. The number of methoxy groups -OCH3 is 1. The number of hydrogen-bond donors (Lipinski definition) is 2. The van der Waals surface area contributed by atoms with Gasteiger partial charge in [0.1, 0.15) is 5.82 Å². The van der Waals surface area contributed by atoms with Crippen molar-refractivity contribution in [3.8, 4) is 17.0 Å². The summed E-state index contributed by atoms with van der Waals surface area (Å²) in [6.45, 7) is 0. The molecule has 2 aromatic heterocycles. The molecule has 3 N–H and O–H groups in total. The van der Waals surface area contributed by atoms with Crippen molar-refractivity contribution < 1.29 is 14.3 Å². The molecule has 7 nitrogen and oxygen atoms in total. The molecule has 1 saturated carbocycles. The monoisotopic (exact) mass is 312 g/mol. The summed E-state index contributed by atoms with van der Waals surface area (Å²) in [4.78, 5) is 32.1. The number of aromatic nitrogens is 2. The molecule has 0 aromatic carbocycles. The highest BCUT2D eigenvalue weighted by atomic mass is 16.5. The highest BCUT2D eigenvalue weighted by molar-refractivity contribution is 6.05. The standard InChI is InChI=1S/C16H16N4O3/c1-23-12-5-4-10(8-19-12)13-11(14(17)21)6-7-18-15(13)20-16(22)9-2-3-9/h4-9H,2-3H2,1H3,(H2,17,21)(H,18,20,22). The van der Waals surface area contributed by atoms with Crippen LogP contribution in [0, 0.1) is 5.92 Å². The zero-order valence-corrected chi connectivity index (χ0v) is 12.6. The number of anilines is 1. The number of pyridine rings is 2. The number of ether oxygens (including phenoxy) is 1. The van der Waals surface area contributed by atoms with Gasteiger partial charge in [-0.2, -0.15) is 0 Å². The Morgan fingerprint density at radius 3 is 2.61 bits per heavy atom. The molecule has 2 heterocycles. The van der Waals surface area contributed by atoms with Crippen LogP contribution >= 0.6 is 0 Å². The quantitative estimate of drug-likeness (QED) is 0.872. The normalized spacial score (nSPS) is 13.4. The number of nitrogens with zero attached hydrogens (tertiary/aromatic N) is 2. The predicted molar refractivity (Wildman–Crippen MR) is 83.9 cm³/mol. The lowest BCUT2D eigenvalue weighted by atomic mass is 10.0. The molecule has 0 spiro atoms. The summed E-state index contributed by atoms with van der Waals surface area (Å²) in [6, 6.07) is 4.93. The van der Waals surface area contributed by atoms with Crippen molar-refractivity contribution in [2.45, 2.75) is 12.8 Å². The van der Waals surface area contributed by atoms with Crippen LogP contribution in [0.15, 0.2) is 30.6 Å². The number of carbonyl (C=O) groups excluding carboxylic acids is 2. The van der Waals surface area contributed by atoms with Crippen LogP contribution in [0.25, 0.3) is 11.1 Å². The molecule has 2 amide bonds. The maximum atomic E-state index is 12.0. The van der Waals surface area contributed by atoms with Crippen molar-refractivity contribution in [2.24, 2.45) is 11.7 Å². The van der Waals surface area contributed by atoms with Crippen molar-refractivity contribution in [1.82, 2.24) is 9.97 Å². The van der Waals surface area contributed by atoms with Crippen LogP contribution in [0.3, 0.4) is 0 Å². The van der Waals surface area contributed by atoms with E-state index in [9.17, 15) is 9.59 Å². The van der Waals surface area contributed by atoms with Gasteiger partial charge in [0.25, 0.3) is 0 Å². The van der Waals surface area contributed by atoms with Crippen LogP contribution < -0.4 is 15.8 Å². The fourth-order valence-corrected chi connectivity index (χ4v) is 2.27. The van der Waals surface area contributed by atoms with E-state index in [1.54, 1.807) is 18.3 Å². The van der Waals surface area contributed by atoms with Crippen LogP contribution in [0.2, 0.25) is 0 Å². The lowest BCUT2D eigenvalue weighted by Gasteiger charge is -2.13. The van der Waals surface area contributed by atoms with Gasteiger partial charge >= 0.3 is 0 Å². The molecule has 7 heteroatoms. The molecular weight excluding hydrogens is 296 g/mol. The van der Waals surface area contributed by atoms with Crippen molar-refractivity contribution in [3.05, 3.63) is 36.2 Å². The summed E-state index contributed by atoms with van der Waals surface area (Å²) >= 11 is 0. The molecule has 0 unspecified atom stereocenters. The van der Waals surface area contributed by atoms with Gasteiger partial charge in [-0.1, -0.05) is 0 Å². The second kappa shape index (κ2) is 6.04. The summed E-state index contributed by atoms with van der Waals surface area (Å²) in [5.41, 5.74) is 6.82. The number of primary amides is 1. The lowest BCUT2D eigenvalue weighted by Crippen LogP contribution is -2.18. The average molecular weight is 312 g/mol. The minimum atomic E-state index is -0.597. The first-order chi connectivity index (χ1) is 11.1. The van der Waals surface area contributed by atoms with E-state index in [1.165, 1.54) is 19.4 Å². The van der Waals surface area contributed by atoms with Crippen molar-refractivity contribution in [3.63, 3.8) is 0 Å². The van der Waals surface area contributed by atoms with E-state index in [2.05, 4.69) is 15.3 Å².